The van der Waals surface area contributed by atoms with Crippen LogP contribution >= 0.6 is 0 Å². The fourth-order valence-electron chi connectivity index (χ4n) is 2.33. The lowest BCUT2D eigenvalue weighted by Crippen LogP contribution is -2.43. The van der Waals surface area contributed by atoms with Crippen LogP contribution in [0, 0.1) is 5.41 Å². The maximum atomic E-state index is 12.9. The molecule has 0 radical (unpaired) electrons. The van der Waals surface area contributed by atoms with E-state index in [4.69, 9.17) is 5.73 Å². The fraction of sp³-hybridized carbons (Fsp3) is 0.615. The standard InChI is InChI=1S/C13H18F3N3/c1-12(9-17)4-7-19(8-5-12)11-10(13(14,15)16)3-2-6-18-11/h2-3,6H,4-5,7-9,17H2,1H3. The maximum Gasteiger partial charge on any atom is 0.419 e. The summed E-state index contributed by atoms with van der Waals surface area (Å²) < 4.78 is 38.8. The highest BCUT2D eigenvalue weighted by molar-refractivity contribution is 5.48. The van der Waals surface area contributed by atoms with Gasteiger partial charge in [-0.25, -0.2) is 4.98 Å². The topological polar surface area (TPSA) is 42.1 Å². The molecule has 0 bridgehead atoms. The number of aromatic nitrogens is 1. The number of pyridine rings is 1. The van der Waals surface area contributed by atoms with E-state index in [0.29, 0.717) is 19.6 Å². The summed E-state index contributed by atoms with van der Waals surface area (Å²) in [5.41, 5.74) is 5.08. The second-order valence-electron chi connectivity index (χ2n) is 5.37. The Morgan fingerprint density at radius 1 is 1.37 bits per heavy atom. The van der Waals surface area contributed by atoms with Gasteiger partial charge in [-0.15, -0.1) is 0 Å². The number of halogens is 3. The van der Waals surface area contributed by atoms with Crippen molar-refractivity contribution < 1.29 is 13.2 Å². The largest absolute Gasteiger partial charge is 0.419 e. The first-order valence-corrected chi connectivity index (χ1v) is 6.33. The minimum absolute atomic E-state index is 0.0314. The third-order valence-corrected chi connectivity index (χ3v) is 3.85. The van der Waals surface area contributed by atoms with Crippen molar-refractivity contribution in [2.24, 2.45) is 11.1 Å². The molecule has 0 atom stereocenters. The molecule has 1 saturated heterocycles. The predicted molar refractivity (Wildman–Crippen MR) is 67.8 cm³/mol. The number of nitrogens with two attached hydrogens (primary N) is 1. The molecule has 2 heterocycles. The Morgan fingerprint density at radius 2 is 2.00 bits per heavy atom. The normalized spacial score (nSPS) is 19.5. The Hall–Kier alpha value is -1.30. The molecular formula is C13H18F3N3. The van der Waals surface area contributed by atoms with Crippen LogP contribution in [0.2, 0.25) is 0 Å². The van der Waals surface area contributed by atoms with Gasteiger partial charge in [-0.2, -0.15) is 13.2 Å². The van der Waals surface area contributed by atoms with Crippen LogP contribution in [-0.2, 0) is 6.18 Å². The van der Waals surface area contributed by atoms with Crippen molar-refractivity contribution in [2.45, 2.75) is 25.9 Å². The van der Waals surface area contributed by atoms with Gasteiger partial charge in [0, 0.05) is 19.3 Å². The summed E-state index contributed by atoms with van der Waals surface area (Å²) in [5, 5.41) is 0. The van der Waals surface area contributed by atoms with Gasteiger partial charge in [0.15, 0.2) is 0 Å². The number of nitrogens with zero attached hydrogens (tertiary/aromatic N) is 2. The first kappa shape index (κ1) is 14.1. The Balaban J connectivity index is 2.21. The van der Waals surface area contributed by atoms with Crippen molar-refractivity contribution in [3.63, 3.8) is 0 Å². The zero-order valence-corrected chi connectivity index (χ0v) is 10.9. The van der Waals surface area contributed by atoms with Crippen LogP contribution in [0.1, 0.15) is 25.3 Å². The summed E-state index contributed by atoms with van der Waals surface area (Å²) in [6.45, 7) is 3.77. The minimum atomic E-state index is -4.36. The molecule has 0 saturated carbocycles. The summed E-state index contributed by atoms with van der Waals surface area (Å²) >= 11 is 0. The number of anilines is 1. The highest BCUT2D eigenvalue weighted by atomic mass is 19.4. The van der Waals surface area contributed by atoms with Crippen molar-refractivity contribution in [2.75, 3.05) is 24.5 Å². The molecule has 1 aliphatic heterocycles. The van der Waals surface area contributed by atoms with Crippen LogP contribution in [0.3, 0.4) is 0 Å². The molecule has 1 aromatic heterocycles. The number of rotatable bonds is 2. The number of alkyl halides is 3. The Bertz CT molecular complexity index is 437. The average molecular weight is 273 g/mol. The molecule has 0 unspecified atom stereocenters. The smallest absolute Gasteiger partial charge is 0.356 e. The van der Waals surface area contributed by atoms with E-state index in [9.17, 15) is 13.2 Å². The van der Waals surface area contributed by atoms with Gasteiger partial charge in [0.05, 0.1) is 5.56 Å². The zero-order chi connectivity index (χ0) is 14.1. The third kappa shape index (κ3) is 3.00. The summed E-state index contributed by atoms with van der Waals surface area (Å²) in [6, 6.07) is 2.40. The summed E-state index contributed by atoms with van der Waals surface area (Å²) in [7, 11) is 0. The molecule has 0 aliphatic carbocycles. The molecular weight excluding hydrogens is 255 g/mol. The highest BCUT2D eigenvalue weighted by Crippen LogP contribution is 2.38. The first-order chi connectivity index (χ1) is 8.86. The van der Waals surface area contributed by atoms with Crippen molar-refractivity contribution in [1.82, 2.24) is 4.98 Å². The number of piperidine rings is 1. The Labute approximate surface area is 110 Å². The molecule has 19 heavy (non-hydrogen) atoms. The highest BCUT2D eigenvalue weighted by Gasteiger charge is 2.37. The van der Waals surface area contributed by atoms with Crippen molar-refractivity contribution in [3.8, 4) is 0 Å². The fourth-order valence-corrected chi connectivity index (χ4v) is 2.33. The molecule has 1 fully saturated rings. The summed E-state index contributed by atoms with van der Waals surface area (Å²) in [4.78, 5) is 5.63. The van der Waals surface area contributed by atoms with Crippen LogP contribution in [0.5, 0.6) is 0 Å². The van der Waals surface area contributed by atoms with E-state index in [2.05, 4.69) is 11.9 Å². The molecule has 0 spiro atoms. The summed E-state index contributed by atoms with van der Waals surface area (Å²) in [6.07, 6.45) is -1.38. The second kappa shape index (κ2) is 5.00. The molecule has 1 aliphatic rings. The van der Waals surface area contributed by atoms with E-state index in [1.165, 1.54) is 12.3 Å². The molecule has 106 valence electrons. The Kier molecular flexibility index (Phi) is 3.71. The SMILES string of the molecule is CC1(CN)CCN(c2ncccc2C(F)(F)F)CC1. The van der Waals surface area contributed by atoms with Crippen molar-refractivity contribution >= 4 is 5.82 Å². The minimum Gasteiger partial charge on any atom is -0.356 e. The van der Waals surface area contributed by atoms with Gasteiger partial charge in [-0.1, -0.05) is 6.92 Å². The van der Waals surface area contributed by atoms with E-state index in [-0.39, 0.29) is 11.2 Å². The van der Waals surface area contributed by atoms with Crippen molar-refractivity contribution in [3.05, 3.63) is 23.9 Å². The van der Waals surface area contributed by atoms with Gasteiger partial charge in [-0.3, -0.25) is 0 Å². The lowest BCUT2D eigenvalue weighted by molar-refractivity contribution is -0.137. The molecule has 2 rings (SSSR count). The van der Waals surface area contributed by atoms with E-state index in [1.807, 2.05) is 0 Å². The molecule has 2 N–H and O–H groups in total. The summed E-state index contributed by atoms with van der Waals surface area (Å²) in [5.74, 6) is 0.0362. The zero-order valence-electron chi connectivity index (χ0n) is 10.9. The molecule has 0 aromatic carbocycles. The molecule has 6 heteroatoms. The van der Waals surface area contributed by atoms with Gasteiger partial charge in [0.25, 0.3) is 0 Å². The van der Waals surface area contributed by atoms with E-state index < -0.39 is 11.7 Å². The van der Waals surface area contributed by atoms with E-state index >= 15 is 0 Å². The maximum absolute atomic E-state index is 12.9. The molecule has 3 nitrogen and oxygen atoms in total. The molecule has 1 aromatic rings. The second-order valence-corrected chi connectivity index (χ2v) is 5.37. The number of hydrogen-bond donors (Lipinski definition) is 1. The average Bonchev–Trinajstić information content (AvgIpc) is 2.39. The van der Waals surface area contributed by atoms with Gasteiger partial charge in [0.2, 0.25) is 0 Å². The van der Waals surface area contributed by atoms with Gasteiger partial charge in [0.1, 0.15) is 5.82 Å². The first-order valence-electron chi connectivity index (χ1n) is 6.33. The lowest BCUT2D eigenvalue weighted by atomic mass is 9.80. The van der Waals surface area contributed by atoms with Crippen molar-refractivity contribution in [1.29, 1.82) is 0 Å². The quantitative estimate of drug-likeness (QED) is 0.900. The van der Waals surface area contributed by atoms with Crippen LogP contribution in [0.4, 0.5) is 19.0 Å². The lowest BCUT2D eigenvalue weighted by Gasteiger charge is -2.39. The van der Waals surface area contributed by atoms with Crippen LogP contribution < -0.4 is 10.6 Å². The number of hydrogen-bond acceptors (Lipinski definition) is 3. The van der Waals surface area contributed by atoms with Gasteiger partial charge in [-0.05, 0) is 36.9 Å². The van der Waals surface area contributed by atoms with Crippen LogP contribution in [-0.4, -0.2) is 24.6 Å². The van der Waals surface area contributed by atoms with E-state index in [1.54, 1.807) is 4.90 Å². The van der Waals surface area contributed by atoms with E-state index in [0.717, 1.165) is 18.9 Å². The third-order valence-electron chi connectivity index (χ3n) is 3.85. The van der Waals surface area contributed by atoms with Crippen LogP contribution in [0.15, 0.2) is 18.3 Å². The monoisotopic (exact) mass is 273 g/mol. The Morgan fingerprint density at radius 3 is 2.53 bits per heavy atom. The van der Waals surface area contributed by atoms with Crippen LogP contribution in [0.25, 0.3) is 0 Å². The molecule has 0 amide bonds. The predicted octanol–water partition coefficient (Wildman–Crippen LogP) is 2.67. The van der Waals surface area contributed by atoms with Gasteiger partial charge < -0.3 is 10.6 Å². The van der Waals surface area contributed by atoms with Gasteiger partial charge >= 0.3 is 6.18 Å².